The summed E-state index contributed by atoms with van der Waals surface area (Å²) in [6.07, 6.45) is 8.04. The summed E-state index contributed by atoms with van der Waals surface area (Å²) >= 11 is 0. The molecular weight excluding hydrogens is 302 g/mol. The van der Waals surface area contributed by atoms with Gasteiger partial charge in [0.05, 0.1) is 0 Å². The van der Waals surface area contributed by atoms with Crippen LogP contribution in [0.3, 0.4) is 0 Å². The number of amides is 2. The van der Waals surface area contributed by atoms with E-state index in [1.54, 1.807) is 4.90 Å². The minimum absolute atomic E-state index is 0. The summed E-state index contributed by atoms with van der Waals surface area (Å²) in [6, 6.07) is -0.113. The first-order valence-corrected chi connectivity index (χ1v) is 8.43. The Labute approximate surface area is 138 Å². The number of rotatable bonds is 2. The number of hydrogen-bond donors (Lipinski definition) is 2. The number of carbonyl (C=O) groups is 2. The van der Waals surface area contributed by atoms with Gasteiger partial charge in [-0.2, -0.15) is 0 Å². The van der Waals surface area contributed by atoms with Crippen LogP contribution in [0.1, 0.15) is 51.4 Å². The second-order valence-corrected chi connectivity index (χ2v) is 7.14. The number of hydrogen-bond acceptors (Lipinski definition) is 3. The van der Waals surface area contributed by atoms with Crippen molar-refractivity contribution in [2.24, 2.45) is 29.2 Å². The van der Waals surface area contributed by atoms with Crippen LogP contribution in [0.4, 0.5) is 0 Å². The van der Waals surface area contributed by atoms with Crippen molar-refractivity contribution in [1.29, 1.82) is 0 Å². The Balaban J connectivity index is 0.00000176. The van der Waals surface area contributed by atoms with Crippen molar-refractivity contribution in [3.05, 3.63) is 0 Å². The molecule has 2 aliphatic carbocycles. The third-order valence-electron chi connectivity index (χ3n) is 5.88. The zero-order valence-electron chi connectivity index (χ0n) is 13.1. The number of primary amides is 1. The SMILES string of the molecule is Cl.NC(=O)C1CCCCN1C(=O)C1CC2CCCC(C1)C2N. The molecule has 1 aliphatic heterocycles. The van der Waals surface area contributed by atoms with Crippen molar-refractivity contribution < 1.29 is 9.59 Å². The molecule has 4 N–H and O–H groups in total. The normalized spacial score (nSPS) is 38.0. The highest BCUT2D eigenvalue weighted by Gasteiger charge is 2.43. The number of nitrogens with zero attached hydrogens (tertiary/aromatic N) is 1. The summed E-state index contributed by atoms with van der Waals surface area (Å²) in [5.74, 6) is 0.838. The molecule has 2 bridgehead atoms. The average Bonchev–Trinajstić information content (AvgIpc) is 2.46. The maximum absolute atomic E-state index is 12.9. The van der Waals surface area contributed by atoms with E-state index in [1.807, 2.05) is 0 Å². The molecule has 5 nitrogen and oxygen atoms in total. The first-order chi connectivity index (χ1) is 10.1. The summed E-state index contributed by atoms with van der Waals surface area (Å²) in [7, 11) is 0. The molecule has 3 atom stereocenters. The molecule has 3 rings (SSSR count). The molecule has 2 saturated carbocycles. The van der Waals surface area contributed by atoms with Crippen LogP contribution in [0.15, 0.2) is 0 Å². The van der Waals surface area contributed by atoms with Crippen molar-refractivity contribution in [1.82, 2.24) is 4.90 Å². The number of fused-ring (bicyclic) bond motifs is 2. The molecule has 6 heteroatoms. The molecule has 1 saturated heterocycles. The Hall–Kier alpha value is -0.810. The molecule has 0 aromatic rings. The predicted octanol–water partition coefficient (Wildman–Crippen LogP) is 1.43. The van der Waals surface area contributed by atoms with Gasteiger partial charge in [-0.3, -0.25) is 9.59 Å². The molecule has 2 amide bonds. The first kappa shape index (κ1) is 17.5. The van der Waals surface area contributed by atoms with Crippen LogP contribution in [0.25, 0.3) is 0 Å². The molecule has 3 fully saturated rings. The lowest BCUT2D eigenvalue weighted by Crippen LogP contribution is -2.55. The van der Waals surface area contributed by atoms with Crippen LogP contribution >= 0.6 is 12.4 Å². The standard InChI is InChI=1S/C16H27N3O2.ClH/c17-14-10-4-3-5-11(14)9-12(8-10)16(21)19-7-2-1-6-13(19)15(18)20;/h10-14H,1-9,17H2,(H2,18,20);1H. The zero-order chi connectivity index (χ0) is 15.0. The fourth-order valence-corrected chi connectivity index (χ4v) is 4.72. The maximum Gasteiger partial charge on any atom is 0.240 e. The van der Waals surface area contributed by atoms with Crippen LogP contribution < -0.4 is 11.5 Å². The van der Waals surface area contributed by atoms with Gasteiger partial charge in [0.2, 0.25) is 11.8 Å². The van der Waals surface area contributed by atoms with Gasteiger partial charge in [0.25, 0.3) is 0 Å². The van der Waals surface area contributed by atoms with Crippen molar-refractivity contribution in [2.75, 3.05) is 6.54 Å². The molecule has 0 spiro atoms. The monoisotopic (exact) mass is 329 g/mol. The second-order valence-electron chi connectivity index (χ2n) is 7.14. The highest BCUT2D eigenvalue weighted by Crippen LogP contribution is 2.42. The Morgan fingerprint density at radius 3 is 2.18 bits per heavy atom. The van der Waals surface area contributed by atoms with Crippen LogP contribution in [0.2, 0.25) is 0 Å². The Morgan fingerprint density at radius 1 is 0.955 bits per heavy atom. The topological polar surface area (TPSA) is 89.4 Å². The van der Waals surface area contributed by atoms with Gasteiger partial charge < -0.3 is 16.4 Å². The van der Waals surface area contributed by atoms with Crippen molar-refractivity contribution in [2.45, 2.75) is 63.5 Å². The molecular formula is C16H28ClN3O2. The Kier molecular flexibility index (Phi) is 5.72. The Morgan fingerprint density at radius 2 is 1.59 bits per heavy atom. The molecule has 3 unspecified atom stereocenters. The first-order valence-electron chi connectivity index (χ1n) is 8.43. The van der Waals surface area contributed by atoms with E-state index in [4.69, 9.17) is 11.5 Å². The van der Waals surface area contributed by atoms with Gasteiger partial charge in [-0.05, 0) is 56.8 Å². The third-order valence-corrected chi connectivity index (χ3v) is 5.88. The summed E-state index contributed by atoms with van der Waals surface area (Å²) in [4.78, 5) is 26.3. The van der Waals surface area contributed by atoms with Crippen LogP contribution in [0.5, 0.6) is 0 Å². The lowest BCUT2D eigenvalue weighted by molar-refractivity contribution is -0.146. The van der Waals surface area contributed by atoms with Crippen molar-refractivity contribution >= 4 is 24.2 Å². The lowest BCUT2D eigenvalue weighted by atomic mass is 9.64. The quantitative estimate of drug-likeness (QED) is 0.803. The van der Waals surface area contributed by atoms with E-state index in [1.165, 1.54) is 6.42 Å². The van der Waals surface area contributed by atoms with Crippen LogP contribution in [-0.4, -0.2) is 35.3 Å². The van der Waals surface area contributed by atoms with Gasteiger partial charge in [0.1, 0.15) is 6.04 Å². The van der Waals surface area contributed by atoms with Crippen molar-refractivity contribution in [3.63, 3.8) is 0 Å². The van der Waals surface area contributed by atoms with Crippen LogP contribution in [-0.2, 0) is 9.59 Å². The summed E-state index contributed by atoms with van der Waals surface area (Å²) in [5.41, 5.74) is 11.8. The number of likely N-dealkylation sites (tertiary alicyclic amines) is 1. The van der Waals surface area contributed by atoms with Gasteiger partial charge in [-0.1, -0.05) is 6.42 Å². The highest BCUT2D eigenvalue weighted by atomic mass is 35.5. The fraction of sp³-hybridized carbons (Fsp3) is 0.875. The molecule has 3 aliphatic rings. The zero-order valence-corrected chi connectivity index (χ0v) is 13.9. The van der Waals surface area contributed by atoms with E-state index in [0.29, 0.717) is 18.4 Å². The number of halogens is 1. The van der Waals surface area contributed by atoms with E-state index in [9.17, 15) is 9.59 Å². The predicted molar refractivity (Wildman–Crippen MR) is 87.3 cm³/mol. The van der Waals surface area contributed by atoms with Gasteiger partial charge in [0, 0.05) is 18.5 Å². The molecule has 1 heterocycles. The van der Waals surface area contributed by atoms with E-state index < -0.39 is 0 Å². The third kappa shape index (κ3) is 3.25. The minimum Gasteiger partial charge on any atom is -0.368 e. The smallest absolute Gasteiger partial charge is 0.240 e. The van der Waals surface area contributed by atoms with E-state index >= 15 is 0 Å². The van der Waals surface area contributed by atoms with E-state index in [2.05, 4.69) is 0 Å². The largest absolute Gasteiger partial charge is 0.368 e. The maximum atomic E-state index is 12.9. The number of piperidine rings is 1. The Bertz CT molecular complexity index is 418. The molecule has 0 aromatic carbocycles. The van der Waals surface area contributed by atoms with Crippen molar-refractivity contribution in [3.8, 4) is 0 Å². The lowest BCUT2D eigenvalue weighted by Gasteiger charge is -2.45. The van der Waals surface area contributed by atoms with Gasteiger partial charge in [0.15, 0.2) is 0 Å². The minimum atomic E-state index is -0.387. The second kappa shape index (κ2) is 7.18. The van der Waals surface area contributed by atoms with Crippen LogP contribution in [0, 0.1) is 17.8 Å². The number of carbonyl (C=O) groups excluding carboxylic acids is 2. The van der Waals surface area contributed by atoms with E-state index in [0.717, 1.165) is 44.9 Å². The molecule has 22 heavy (non-hydrogen) atoms. The average molecular weight is 330 g/mol. The van der Waals surface area contributed by atoms with E-state index in [-0.39, 0.29) is 42.2 Å². The highest BCUT2D eigenvalue weighted by molar-refractivity contribution is 5.88. The van der Waals surface area contributed by atoms with Gasteiger partial charge >= 0.3 is 0 Å². The fourth-order valence-electron chi connectivity index (χ4n) is 4.72. The molecule has 126 valence electrons. The number of nitrogens with two attached hydrogens (primary N) is 2. The summed E-state index contributed by atoms with van der Waals surface area (Å²) in [6.45, 7) is 0.685. The van der Waals surface area contributed by atoms with Gasteiger partial charge in [-0.15, -0.1) is 12.4 Å². The molecule has 0 aromatic heterocycles. The van der Waals surface area contributed by atoms with Gasteiger partial charge in [-0.25, -0.2) is 0 Å². The summed E-state index contributed by atoms with van der Waals surface area (Å²) < 4.78 is 0. The molecule has 0 radical (unpaired) electrons. The summed E-state index contributed by atoms with van der Waals surface area (Å²) in [5, 5.41) is 0.